The molecule has 0 spiro atoms. The van der Waals surface area contributed by atoms with Crippen molar-refractivity contribution < 1.29 is 9.50 Å². The summed E-state index contributed by atoms with van der Waals surface area (Å²) in [4.78, 5) is 3.12. The van der Waals surface area contributed by atoms with E-state index in [1.165, 1.54) is 12.1 Å². The van der Waals surface area contributed by atoms with Crippen LogP contribution >= 0.6 is 0 Å². The number of aromatic nitrogens is 1. The second kappa shape index (κ2) is 2.73. The summed E-state index contributed by atoms with van der Waals surface area (Å²) in [6.07, 6.45) is 0. The van der Waals surface area contributed by atoms with Crippen LogP contribution in [0.3, 0.4) is 0 Å². The molecule has 0 atom stereocenters. The molecular formula is C12H8FNO. The first kappa shape index (κ1) is 8.29. The zero-order valence-electron chi connectivity index (χ0n) is 7.79. The fraction of sp³-hybridized carbons (Fsp3) is 0. The molecule has 0 aliphatic heterocycles. The van der Waals surface area contributed by atoms with E-state index in [0.717, 1.165) is 21.8 Å². The SMILES string of the molecule is Oc1ccc2c(c1)[nH]c1ccc(F)cc12. The number of aromatic amines is 1. The summed E-state index contributed by atoms with van der Waals surface area (Å²) in [5.74, 6) is -0.0500. The van der Waals surface area contributed by atoms with Gasteiger partial charge in [0.2, 0.25) is 0 Å². The van der Waals surface area contributed by atoms with E-state index in [1.807, 2.05) is 0 Å². The molecule has 0 aliphatic rings. The van der Waals surface area contributed by atoms with E-state index in [9.17, 15) is 9.50 Å². The topological polar surface area (TPSA) is 36.0 Å². The first-order valence-corrected chi connectivity index (χ1v) is 4.64. The molecule has 0 amide bonds. The minimum absolute atomic E-state index is 0.203. The second-order valence-electron chi connectivity index (χ2n) is 3.54. The Morgan fingerprint density at radius 2 is 1.80 bits per heavy atom. The maximum absolute atomic E-state index is 13.1. The molecule has 74 valence electrons. The normalized spacial score (nSPS) is 11.3. The predicted octanol–water partition coefficient (Wildman–Crippen LogP) is 3.17. The van der Waals surface area contributed by atoms with Gasteiger partial charge in [0, 0.05) is 22.4 Å². The molecule has 2 nitrogen and oxygen atoms in total. The van der Waals surface area contributed by atoms with E-state index in [2.05, 4.69) is 4.98 Å². The third-order valence-corrected chi connectivity index (χ3v) is 2.54. The first-order chi connectivity index (χ1) is 7.24. The summed E-state index contributed by atoms with van der Waals surface area (Å²) in [5.41, 5.74) is 1.69. The van der Waals surface area contributed by atoms with Crippen molar-refractivity contribution in [3.8, 4) is 5.75 Å². The molecule has 3 aromatic rings. The average Bonchev–Trinajstić information content (AvgIpc) is 2.54. The summed E-state index contributed by atoms with van der Waals surface area (Å²) in [5, 5.41) is 11.1. The van der Waals surface area contributed by atoms with Gasteiger partial charge < -0.3 is 10.1 Å². The number of aromatic hydroxyl groups is 1. The van der Waals surface area contributed by atoms with Crippen molar-refractivity contribution in [3.63, 3.8) is 0 Å². The molecule has 2 aromatic carbocycles. The number of fused-ring (bicyclic) bond motifs is 3. The van der Waals surface area contributed by atoms with E-state index >= 15 is 0 Å². The van der Waals surface area contributed by atoms with Gasteiger partial charge in [-0.2, -0.15) is 0 Å². The highest BCUT2D eigenvalue weighted by atomic mass is 19.1. The first-order valence-electron chi connectivity index (χ1n) is 4.64. The van der Waals surface area contributed by atoms with Gasteiger partial charge in [0.15, 0.2) is 0 Å². The van der Waals surface area contributed by atoms with Crippen LogP contribution in [0.1, 0.15) is 0 Å². The maximum atomic E-state index is 13.1. The summed E-state index contributed by atoms with van der Waals surface area (Å²) in [7, 11) is 0. The van der Waals surface area contributed by atoms with Gasteiger partial charge in [-0.3, -0.25) is 0 Å². The van der Waals surface area contributed by atoms with Crippen molar-refractivity contribution in [3.05, 3.63) is 42.2 Å². The third kappa shape index (κ3) is 1.16. The molecule has 1 heterocycles. The van der Waals surface area contributed by atoms with Gasteiger partial charge in [-0.25, -0.2) is 4.39 Å². The van der Waals surface area contributed by atoms with Crippen LogP contribution < -0.4 is 0 Å². The number of hydrogen-bond acceptors (Lipinski definition) is 1. The summed E-state index contributed by atoms with van der Waals surface area (Å²) in [6.45, 7) is 0. The minimum Gasteiger partial charge on any atom is -0.508 e. The Morgan fingerprint density at radius 3 is 2.67 bits per heavy atom. The number of hydrogen-bond donors (Lipinski definition) is 2. The molecule has 15 heavy (non-hydrogen) atoms. The molecular weight excluding hydrogens is 193 g/mol. The summed E-state index contributed by atoms with van der Waals surface area (Å²) in [6, 6.07) is 9.61. The lowest BCUT2D eigenvalue weighted by Gasteiger charge is -1.92. The van der Waals surface area contributed by atoms with Crippen LogP contribution in [-0.4, -0.2) is 10.1 Å². The Kier molecular flexibility index (Phi) is 1.51. The van der Waals surface area contributed by atoms with Crippen molar-refractivity contribution in [1.82, 2.24) is 4.98 Å². The number of phenols is 1. The lowest BCUT2D eigenvalue weighted by molar-refractivity contribution is 0.476. The monoisotopic (exact) mass is 201 g/mol. The van der Waals surface area contributed by atoms with Crippen LogP contribution in [0.2, 0.25) is 0 Å². The lowest BCUT2D eigenvalue weighted by atomic mass is 10.1. The molecule has 3 rings (SSSR count). The number of H-pyrrole nitrogens is 1. The van der Waals surface area contributed by atoms with E-state index in [4.69, 9.17) is 0 Å². The Morgan fingerprint density at radius 1 is 0.933 bits per heavy atom. The van der Waals surface area contributed by atoms with Crippen molar-refractivity contribution in [1.29, 1.82) is 0 Å². The zero-order chi connectivity index (χ0) is 10.4. The summed E-state index contributed by atoms with van der Waals surface area (Å²) >= 11 is 0. The lowest BCUT2D eigenvalue weighted by Crippen LogP contribution is -1.71. The van der Waals surface area contributed by atoms with Crippen molar-refractivity contribution in [2.75, 3.05) is 0 Å². The molecule has 2 N–H and O–H groups in total. The standard InChI is InChI=1S/C12H8FNO/c13-7-1-4-11-10(5-7)9-3-2-8(15)6-12(9)14-11/h1-6,14-15H. The van der Waals surface area contributed by atoms with Gasteiger partial charge in [-0.1, -0.05) is 0 Å². The fourth-order valence-electron chi connectivity index (χ4n) is 1.86. The van der Waals surface area contributed by atoms with Crippen LogP contribution in [-0.2, 0) is 0 Å². The smallest absolute Gasteiger partial charge is 0.123 e. The fourth-order valence-corrected chi connectivity index (χ4v) is 1.86. The van der Waals surface area contributed by atoms with Crippen LogP contribution in [0.5, 0.6) is 5.75 Å². The van der Waals surface area contributed by atoms with Gasteiger partial charge >= 0.3 is 0 Å². The van der Waals surface area contributed by atoms with Gasteiger partial charge in [-0.15, -0.1) is 0 Å². The largest absolute Gasteiger partial charge is 0.508 e. The average molecular weight is 201 g/mol. The van der Waals surface area contributed by atoms with Crippen LogP contribution in [0.4, 0.5) is 4.39 Å². The molecule has 0 radical (unpaired) electrons. The number of nitrogens with one attached hydrogen (secondary N) is 1. The van der Waals surface area contributed by atoms with Crippen LogP contribution in [0.25, 0.3) is 21.8 Å². The number of halogens is 1. The van der Waals surface area contributed by atoms with Gasteiger partial charge in [-0.05, 0) is 30.3 Å². The molecule has 0 aliphatic carbocycles. The van der Waals surface area contributed by atoms with Crippen molar-refractivity contribution in [2.45, 2.75) is 0 Å². The van der Waals surface area contributed by atoms with E-state index in [0.29, 0.717) is 0 Å². The van der Waals surface area contributed by atoms with E-state index < -0.39 is 0 Å². The molecule has 3 heteroatoms. The minimum atomic E-state index is -0.253. The Labute approximate surface area is 85.0 Å². The summed E-state index contributed by atoms with van der Waals surface area (Å²) < 4.78 is 13.1. The van der Waals surface area contributed by atoms with Crippen molar-refractivity contribution >= 4 is 21.8 Å². The molecule has 0 fully saturated rings. The van der Waals surface area contributed by atoms with Crippen molar-refractivity contribution in [2.24, 2.45) is 0 Å². The van der Waals surface area contributed by atoms with Crippen LogP contribution in [0.15, 0.2) is 36.4 Å². The molecule has 0 unspecified atom stereocenters. The maximum Gasteiger partial charge on any atom is 0.123 e. The Balaban J connectivity index is 2.53. The number of benzene rings is 2. The van der Waals surface area contributed by atoms with Gasteiger partial charge in [0.05, 0.1) is 5.52 Å². The molecule has 1 aromatic heterocycles. The quantitative estimate of drug-likeness (QED) is 0.575. The number of phenolic OH excluding ortho intramolecular Hbond substituents is 1. The third-order valence-electron chi connectivity index (χ3n) is 2.54. The van der Waals surface area contributed by atoms with E-state index in [1.54, 1.807) is 24.3 Å². The Bertz CT molecular complexity index is 657. The van der Waals surface area contributed by atoms with E-state index in [-0.39, 0.29) is 11.6 Å². The van der Waals surface area contributed by atoms with Gasteiger partial charge in [0.25, 0.3) is 0 Å². The molecule has 0 saturated heterocycles. The second-order valence-corrected chi connectivity index (χ2v) is 3.54. The highest BCUT2D eigenvalue weighted by molar-refractivity contribution is 6.07. The number of rotatable bonds is 0. The van der Waals surface area contributed by atoms with Gasteiger partial charge in [0.1, 0.15) is 11.6 Å². The zero-order valence-corrected chi connectivity index (χ0v) is 7.79. The highest BCUT2D eigenvalue weighted by Gasteiger charge is 2.05. The highest BCUT2D eigenvalue weighted by Crippen LogP contribution is 2.28. The Hall–Kier alpha value is -2.03. The molecule has 0 bridgehead atoms. The molecule has 0 saturated carbocycles. The van der Waals surface area contributed by atoms with Crippen LogP contribution in [0, 0.1) is 5.82 Å². The predicted molar refractivity (Wildman–Crippen MR) is 57.4 cm³/mol.